The van der Waals surface area contributed by atoms with Crippen LogP contribution in [0.15, 0.2) is 0 Å². The first-order valence-electron chi connectivity index (χ1n) is 5.49. The van der Waals surface area contributed by atoms with Crippen LogP contribution in [-0.4, -0.2) is 56.9 Å². The van der Waals surface area contributed by atoms with Crippen LogP contribution in [0.1, 0.15) is 6.92 Å². The van der Waals surface area contributed by atoms with Crippen LogP contribution in [0.25, 0.3) is 0 Å². The van der Waals surface area contributed by atoms with E-state index in [0.29, 0.717) is 6.54 Å². The third kappa shape index (κ3) is 5.62. The van der Waals surface area contributed by atoms with Gasteiger partial charge >= 0.3 is 0 Å². The number of nitrogens with two attached hydrogens (primary N) is 1. The average Bonchev–Trinajstić information content (AvgIpc) is 2.23. The highest BCUT2D eigenvalue weighted by atomic mass is 16.5. The first kappa shape index (κ1) is 13.9. The average molecular weight is 245 g/mol. The normalized spacial score (nSPS) is 17.2. The fourth-order valence-corrected chi connectivity index (χ4v) is 1.31. The van der Waals surface area contributed by atoms with Crippen molar-refractivity contribution in [3.05, 3.63) is 0 Å². The number of nitrogens with one attached hydrogen (secondary N) is 2. The maximum Gasteiger partial charge on any atom is 0.246 e. The second-order valence-corrected chi connectivity index (χ2v) is 4.21. The Morgan fingerprint density at radius 3 is 2.65 bits per heavy atom. The first-order chi connectivity index (χ1) is 8.02. The molecular weight excluding hydrogens is 226 g/mol. The first-order valence-corrected chi connectivity index (χ1v) is 5.49. The van der Waals surface area contributed by atoms with Crippen LogP contribution in [-0.2, 0) is 19.1 Å². The molecule has 0 aliphatic carbocycles. The molecule has 1 fully saturated rings. The van der Waals surface area contributed by atoms with Gasteiger partial charge in [-0.05, 0) is 6.92 Å². The monoisotopic (exact) mass is 245 g/mol. The minimum Gasteiger partial charge on any atom is -0.370 e. The Balaban J connectivity index is 1.96. The molecule has 0 aromatic carbocycles. The molecule has 0 bridgehead atoms. The Bertz CT molecular complexity index is 279. The molecule has 7 heteroatoms. The van der Waals surface area contributed by atoms with Gasteiger partial charge in [0, 0.05) is 19.6 Å². The van der Waals surface area contributed by atoms with Crippen molar-refractivity contribution in [2.45, 2.75) is 12.5 Å². The second-order valence-electron chi connectivity index (χ2n) is 4.21. The van der Waals surface area contributed by atoms with Gasteiger partial charge in [-0.2, -0.15) is 0 Å². The number of rotatable bonds is 8. The van der Waals surface area contributed by atoms with Crippen LogP contribution >= 0.6 is 0 Å². The molecule has 1 rings (SSSR count). The lowest BCUT2D eigenvalue weighted by molar-refractivity contribution is -0.136. The summed E-state index contributed by atoms with van der Waals surface area (Å²) in [6, 6.07) is 0. The zero-order chi connectivity index (χ0) is 12.7. The van der Waals surface area contributed by atoms with Crippen molar-refractivity contribution in [1.82, 2.24) is 10.6 Å². The molecule has 0 radical (unpaired) electrons. The molecule has 1 heterocycles. The third-order valence-electron chi connectivity index (χ3n) is 2.36. The zero-order valence-electron chi connectivity index (χ0n) is 9.95. The van der Waals surface area contributed by atoms with Gasteiger partial charge in [0.15, 0.2) is 0 Å². The summed E-state index contributed by atoms with van der Waals surface area (Å²) in [6.07, 6.45) is 0. The summed E-state index contributed by atoms with van der Waals surface area (Å²) in [4.78, 5) is 21.7. The van der Waals surface area contributed by atoms with E-state index in [1.807, 2.05) is 6.92 Å². The van der Waals surface area contributed by atoms with Gasteiger partial charge in [-0.1, -0.05) is 0 Å². The van der Waals surface area contributed by atoms with E-state index < -0.39 is 5.91 Å². The predicted molar refractivity (Wildman–Crippen MR) is 60.2 cm³/mol. The molecule has 17 heavy (non-hydrogen) atoms. The van der Waals surface area contributed by atoms with Crippen LogP contribution in [0.4, 0.5) is 0 Å². The van der Waals surface area contributed by atoms with Crippen LogP contribution < -0.4 is 16.4 Å². The molecule has 2 amide bonds. The summed E-state index contributed by atoms with van der Waals surface area (Å²) < 4.78 is 10.3. The number of carbonyl (C=O) groups is 2. The summed E-state index contributed by atoms with van der Waals surface area (Å²) in [5.41, 5.74) is 4.65. The van der Waals surface area contributed by atoms with Gasteiger partial charge in [-0.3, -0.25) is 9.59 Å². The fourth-order valence-electron chi connectivity index (χ4n) is 1.31. The minimum atomic E-state index is -0.523. The van der Waals surface area contributed by atoms with Gasteiger partial charge < -0.3 is 25.8 Å². The predicted octanol–water partition coefficient (Wildman–Crippen LogP) is -2.02. The summed E-state index contributed by atoms with van der Waals surface area (Å²) in [7, 11) is 0. The molecule has 1 saturated heterocycles. The van der Waals surface area contributed by atoms with E-state index >= 15 is 0 Å². The third-order valence-corrected chi connectivity index (χ3v) is 2.36. The SMILES string of the molecule is CC1(OCC(=O)NCCOCC(N)=O)CNC1. The minimum absolute atomic E-state index is 0.0357. The second kappa shape index (κ2) is 6.53. The van der Waals surface area contributed by atoms with Crippen molar-refractivity contribution in [1.29, 1.82) is 0 Å². The Kier molecular flexibility index (Phi) is 5.33. The quantitative estimate of drug-likeness (QED) is 0.428. The van der Waals surface area contributed by atoms with E-state index in [1.54, 1.807) is 0 Å². The van der Waals surface area contributed by atoms with Crippen molar-refractivity contribution in [2.24, 2.45) is 5.73 Å². The Morgan fingerprint density at radius 1 is 1.41 bits per heavy atom. The van der Waals surface area contributed by atoms with Crippen molar-refractivity contribution >= 4 is 11.8 Å². The van der Waals surface area contributed by atoms with Crippen LogP contribution in [0.2, 0.25) is 0 Å². The largest absolute Gasteiger partial charge is 0.370 e. The maximum absolute atomic E-state index is 11.3. The molecule has 0 atom stereocenters. The van der Waals surface area contributed by atoms with Crippen LogP contribution in [0, 0.1) is 0 Å². The Hall–Kier alpha value is -1.18. The highest BCUT2D eigenvalue weighted by Crippen LogP contribution is 2.14. The maximum atomic E-state index is 11.3. The lowest BCUT2D eigenvalue weighted by atomic mass is 10.0. The number of amides is 2. The van der Waals surface area contributed by atoms with E-state index in [1.165, 1.54) is 0 Å². The number of hydrogen-bond acceptors (Lipinski definition) is 5. The molecule has 1 aliphatic heterocycles. The van der Waals surface area contributed by atoms with E-state index in [4.69, 9.17) is 15.2 Å². The molecule has 0 aromatic heterocycles. The summed E-state index contributed by atoms with van der Waals surface area (Å²) in [6.45, 7) is 3.98. The lowest BCUT2D eigenvalue weighted by Gasteiger charge is -2.38. The van der Waals surface area contributed by atoms with E-state index in [0.717, 1.165) is 13.1 Å². The highest BCUT2D eigenvalue weighted by Gasteiger charge is 2.32. The number of hydrogen-bond donors (Lipinski definition) is 3. The Labute approximate surface area is 100 Å². The number of carbonyl (C=O) groups excluding carboxylic acids is 2. The molecule has 1 aliphatic rings. The molecule has 98 valence electrons. The molecule has 7 nitrogen and oxygen atoms in total. The molecule has 4 N–H and O–H groups in total. The molecule has 0 spiro atoms. The van der Waals surface area contributed by atoms with Gasteiger partial charge in [0.25, 0.3) is 0 Å². The van der Waals surface area contributed by atoms with E-state index in [2.05, 4.69) is 10.6 Å². The van der Waals surface area contributed by atoms with Crippen LogP contribution in [0.5, 0.6) is 0 Å². The van der Waals surface area contributed by atoms with Gasteiger partial charge in [0.1, 0.15) is 13.2 Å². The van der Waals surface area contributed by atoms with Crippen molar-refractivity contribution in [3.63, 3.8) is 0 Å². The van der Waals surface area contributed by atoms with Gasteiger partial charge in [0.2, 0.25) is 11.8 Å². The fraction of sp³-hybridized carbons (Fsp3) is 0.800. The smallest absolute Gasteiger partial charge is 0.246 e. The zero-order valence-corrected chi connectivity index (χ0v) is 9.95. The molecular formula is C10H19N3O4. The topological polar surface area (TPSA) is 103 Å². The van der Waals surface area contributed by atoms with Crippen molar-refractivity contribution < 1.29 is 19.1 Å². The Morgan fingerprint density at radius 2 is 2.12 bits per heavy atom. The van der Waals surface area contributed by atoms with Crippen molar-refractivity contribution in [2.75, 3.05) is 39.5 Å². The highest BCUT2D eigenvalue weighted by molar-refractivity contribution is 5.77. The molecule has 0 saturated carbocycles. The number of ether oxygens (including phenoxy) is 2. The van der Waals surface area contributed by atoms with E-state index in [-0.39, 0.29) is 31.3 Å². The molecule has 0 aromatic rings. The summed E-state index contributed by atoms with van der Waals surface area (Å²) in [5, 5.41) is 5.69. The summed E-state index contributed by atoms with van der Waals surface area (Å²) >= 11 is 0. The van der Waals surface area contributed by atoms with E-state index in [9.17, 15) is 9.59 Å². The lowest BCUT2D eigenvalue weighted by Crippen LogP contribution is -2.59. The standard InChI is InChI=1S/C10H19N3O4/c1-10(6-12-7-10)17-5-9(15)13-2-3-16-4-8(11)14/h12H,2-7H2,1H3,(H2,11,14)(H,13,15). The molecule has 0 unspecified atom stereocenters. The van der Waals surface area contributed by atoms with Crippen molar-refractivity contribution in [3.8, 4) is 0 Å². The summed E-state index contributed by atoms with van der Waals surface area (Å²) in [5.74, 6) is -0.717. The van der Waals surface area contributed by atoms with Crippen LogP contribution in [0.3, 0.4) is 0 Å². The van der Waals surface area contributed by atoms with Gasteiger partial charge in [-0.15, -0.1) is 0 Å². The van der Waals surface area contributed by atoms with Gasteiger partial charge in [0.05, 0.1) is 12.2 Å². The number of primary amides is 1. The van der Waals surface area contributed by atoms with Gasteiger partial charge in [-0.25, -0.2) is 0 Å².